The van der Waals surface area contributed by atoms with Crippen molar-refractivity contribution in [3.05, 3.63) is 53.1 Å². The number of hydrogen-bond donors (Lipinski definition) is 2. The first-order chi connectivity index (χ1) is 20.9. The fourth-order valence-corrected chi connectivity index (χ4v) is 7.22. The van der Waals surface area contributed by atoms with Gasteiger partial charge in [-0.25, -0.2) is 4.79 Å². The van der Waals surface area contributed by atoms with E-state index in [1.165, 1.54) is 20.6 Å². The molecule has 5 rings (SSSR count). The smallest absolute Gasteiger partial charge is 0.323 e. The van der Waals surface area contributed by atoms with E-state index in [2.05, 4.69) is 15.5 Å². The van der Waals surface area contributed by atoms with Crippen LogP contribution in [0.3, 0.4) is 0 Å². The number of rotatable bonds is 9. The number of benzene rings is 2. The van der Waals surface area contributed by atoms with Gasteiger partial charge in [0.15, 0.2) is 0 Å². The number of hydrogen-bond acceptors (Lipinski definition) is 6. The maximum atomic E-state index is 13.9. The highest BCUT2D eigenvalue weighted by atomic mass is 35.5. The van der Waals surface area contributed by atoms with E-state index in [0.717, 1.165) is 56.9 Å². The summed E-state index contributed by atoms with van der Waals surface area (Å²) in [5, 5.41) is 5.99. The van der Waals surface area contributed by atoms with Gasteiger partial charge in [-0.1, -0.05) is 42.6 Å². The number of likely N-dealkylation sites (tertiary alicyclic amines) is 1. The topological polar surface area (TPSA) is 106 Å². The molecule has 0 bridgehead atoms. The molecule has 1 heterocycles. The van der Waals surface area contributed by atoms with Crippen LogP contribution in [0.2, 0.25) is 5.02 Å². The van der Waals surface area contributed by atoms with Gasteiger partial charge in [-0.15, -0.1) is 0 Å². The number of carbonyl (C=O) groups excluding carboxylic acids is 3. The Morgan fingerprint density at radius 1 is 0.930 bits per heavy atom. The Kier molecular flexibility index (Phi) is 10.5. The molecule has 3 atom stereocenters. The zero-order valence-electron chi connectivity index (χ0n) is 25.0. The quantitative estimate of drug-likeness (QED) is 0.316. The van der Waals surface area contributed by atoms with E-state index in [-0.39, 0.29) is 42.4 Å². The largest absolute Gasteiger partial charge is 0.495 e. The van der Waals surface area contributed by atoms with Crippen molar-refractivity contribution < 1.29 is 28.6 Å². The first-order valence-electron chi connectivity index (χ1n) is 15.4. The SMILES string of the molecule is COC(=O)C1CCC(OC[C@@H]2CC3CCCCC3N2C(=O)Cc2ccc(NC(=O)Nc3ccccc3Cl)c(OC)c2)CC1. The van der Waals surface area contributed by atoms with Crippen LogP contribution >= 0.6 is 11.6 Å². The Labute approximate surface area is 258 Å². The molecule has 2 unspecified atom stereocenters. The molecule has 2 aromatic carbocycles. The van der Waals surface area contributed by atoms with E-state index >= 15 is 0 Å². The second-order valence-electron chi connectivity index (χ2n) is 11.9. The van der Waals surface area contributed by atoms with Crippen molar-refractivity contribution in [1.29, 1.82) is 0 Å². The van der Waals surface area contributed by atoms with Crippen molar-refractivity contribution in [2.45, 2.75) is 82.4 Å². The van der Waals surface area contributed by atoms with Crippen LogP contribution in [0.15, 0.2) is 42.5 Å². The number of urea groups is 1. The van der Waals surface area contributed by atoms with Gasteiger partial charge in [0.25, 0.3) is 0 Å². The molecular formula is C33H42ClN3O6. The van der Waals surface area contributed by atoms with Gasteiger partial charge < -0.3 is 29.7 Å². The van der Waals surface area contributed by atoms with E-state index in [4.69, 9.17) is 25.8 Å². The van der Waals surface area contributed by atoms with Crippen molar-refractivity contribution in [3.63, 3.8) is 0 Å². The lowest BCUT2D eigenvalue weighted by molar-refractivity contribution is -0.148. The molecule has 43 heavy (non-hydrogen) atoms. The Bertz CT molecular complexity index is 1300. The Morgan fingerprint density at radius 2 is 1.67 bits per heavy atom. The van der Waals surface area contributed by atoms with Crippen LogP contribution in [0.25, 0.3) is 0 Å². The highest BCUT2D eigenvalue weighted by Gasteiger charge is 2.44. The Hall–Kier alpha value is -3.30. The summed E-state index contributed by atoms with van der Waals surface area (Å²) in [5.41, 5.74) is 1.81. The minimum Gasteiger partial charge on any atom is -0.495 e. The summed E-state index contributed by atoms with van der Waals surface area (Å²) in [6.45, 7) is 0.527. The average Bonchev–Trinajstić information content (AvgIpc) is 3.40. The van der Waals surface area contributed by atoms with Gasteiger partial charge in [0.05, 0.1) is 61.7 Å². The number of nitrogens with one attached hydrogen (secondary N) is 2. The zero-order valence-corrected chi connectivity index (χ0v) is 25.7. The number of ether oxygens (including phenoxy) is 3. The molecule has 0 radical (unpaired) electrons. The van der Waals surface area contributed by atoms with E-state index in [9.17, 15) is 14.4 Å². The molecule has 1 saturated heterocycles. The molecule has 10 heteroatoms. The van der Waals surface area contributed by atoms with E-state index < -0.39 is 6.03 Å². The van der Waals surface area contributed by atoms with E-state index in [1.54, 1.807) is 30.3 Å². The predicted octanol–water partition coefficient (Wildman–Crippen LogP) is 6.44. The molecule has 0 aromatic heterocycles. The molecule has 2 N–H and O–H groups in total. The fraction of sp³-hybridized carbons (Fsp3) is 0.545. The van der Waals surface area contributed by atoms with E-state index in [1.807, 2.05) is 12.1 Å². The van der Waals surface area contributed by atoms with Crippen molar-refractivity contribution in [2.24, 2.45) is 11.8 Å². The van der Waals surface area contributed by atoms with Gasteiger partial charge in [0, 0.05) is 6.04 Å². The van der Waals surface area contributed by atoms with Crippen molar-refractivity contribution in [2.75, 3.05) is 31.5 Å². The molecule has 232 valence electrons. The average molecular weight is 612 g/mol. The zero-order chi connectivity index (χ0) is 30.3. The van der Waals surface area contributed by atoms with Crippen LogP contribution in [-0.2, 0) is 25.5 Å². The van der Waals surface area contributed by atoms with Crippen molar-refractivity contribution in [1.82, 2.24) is 4.90 Å². The van der Waals surface area contributed by atoms with Crippen LogP contribution in [0.5, 0.6) is 5.75 Å². The maximum Gasteiger partial charge on any atom is 0.323 e. The van der Waals surface area contributed by atoms with Crippen molar-refractivity contribution >= 4 is 40.9 Å². The third kappa shape index (κ3) is 7.62. The third-order valence-electron chi connectivity index (χ3n) is 9.21. The molecule has 2 saturated carbocycles. The van der Waals surface area contributed by atoms with Crippen LogP contribution < -0.4 is 15.4 Å². The number of esters is 1. The lowest BCUT2D eigenvalue weighted by Gasteiger charge is -2.35. The maximum absolute atomic E-state index is 13.9. The third-order valence-corrected chi connectivity index (χ3v) is 9.54. The van der Waals surface area contributed by atoms with Gasteiger partial charge in [-0.3, -0.25) is 9.59 Å². The molecular weight excluding hydrogens is 570 g/mol. The lowest BCUT2D eigenvalue weighted by Crippen LogP contribution is -2.46. The van der Waals surface area contributed by atoms with Gasteiger partial charge in [-0.05, 0) is 80.7 Å². The van der Waals surface area contributed by atoms with Crippen LogP contribution in [-0.4, -0.2) is 61.8 Å². The number of fused-ring (bicyclic) bond motifs is 1. The first-order valence-corrected chi connectivity index (χ1v) is 15.7. The van der Waals surface area contributed by atoms with Gasteiger partial charge in [0.2, 0.25) is 5.91 Å². The van der Waals surface area contributed by atoms with Gasteiger partial charge >= 0.3 is 12.0 Å². The molecule has 0 spiro atoms. The Morgan fingerprint density at radius 3 is 2.42 bits per heavy atom. The number of nitrogens with zero attached hydrogens (tertiary/aromatic N) is 1. The van der Waals surface area contributed by atoms with Crippen molar-refractivity contribution in [3.8, 4) is 5.75 Å². The minimum atomic E-state index is -0.447. The molecule has 1 aliphatic heterocycles. The number of carbonyl (C=O) groups is 3. The van der Waals surface area contributed by atoms with Gasteiger partial charge in [-0.2, -0.15) is 0 Å². The summed E-state index contributed by atoms with van der Waals surface area (Å²) in [6.07, 6.45) is 9.10. The molecule has 3 amide bonds. The van der Waals surface area contributed by atoms with E-state index in [0.29, 0.717) is 34.7 Å². The second-order valence-corrected chi connectivity index (χ2v) is 12.3. The first kappa shape index (κ1) is 31.1. The van der Waals surface area contributed by atoms with Crippen LogP contribution in [0.4, 0.5) is 16.2 Å². The lowest BCUT2D eigenvalue weighted by atomic mass is 9.84. The molecule has 3 fully saturated rings. The molecule has 2 aliphatic carbocycles. The second kappa shape index (κ2) is 14.4. The number of methoxy groups -OCH3 is 2. The Balaban J connectivity index is 1.21. The number of para-hydroxylation sites is 1. The predicted molar refractivity (Wildman–Crippen MR) is 166 cm³/mol. The highest BCUT2D eigenvalue weighted by Crippen LogP contribution is 2.41. The summed E-state index contributed by atoms with van der Waals surface area (Å²) in [7, 11) is 2.98. The summed E-state index contributed by atoms with van der Waals surface area (Å²) < 4.78 is 16.9. The molecule has 2 aromatic rings. The summed E-state index contributed by atoms with van der Waals surface area (Å²) in [5.74, 6) is 0.915. The molecule has 9 nitrogen and oxygen atoms in total. The fourth-order valence-electron chi connectivity index (χ4n) is 7.03. The minimum absolute atomic E-state index is 0.0346. The summed E-state index contributed by atoms with van der Waals surface area (Å²) >= 11 is 6.16. The van der Waals surface area contributed by atoms with Crippen LogP contribution in [0.1, 0.15) is 63.4 Å². The number of halogens is 1. The normalized spacial score (nSPS) is 25.0. The molecule has 3 aliphatic rings. The monoisotopic (exact) mass is 611 g/mol. The summed E-state index contributed by atoms with van der Waals surface area (Å²) in [4.78, 5) is 40.5. The number of amides is 3. The summed E-state index contributed by atoms with van der Waals surface area (Å²) in [6, 6.07) is 12.3. The number of anilines is 2. The highest BCUT2D eigenvalue weighted by molar-refractivity contribution is 6.33. The van der Waals surface area contributed by atoms with Crippen LogP contribution in [0, 0.1) is 11.8 Å². The standard InChI is InChI=1S/C33H42ClN3O6/c1-41-30-17-21(11-16-28(30)36-33(40)35-27-9-5-4-8-26(27)34)18-31(38)37-24(19-23-7-3-6-10-29(23)37)20-43-25-14-12-22(13-15-25)32(39)42-2/h4-5,8-9,11,16-17,22-25,29H,3,6-7,10,12-15,18-20H2,1-2H3,(H2,35,36,40)/t22?,23?,24-,25?,29?/m0/s1. The van der Waals surface area contributed by atoms with Gasteiger partial charge in [0.1, 0.15) is 5.75 Å².